The van der Waals surface area contributed by atoms with Crippen LogP contribution in [0.4, 0.5) is 0 Å². The second-order valence-corrected chi connectivity index (χ2v) is 14.7. The van der Waals surface area contributed by atoms with Gasteiger partial charge in [-0.2, -0.15) is 0 Å². The van der Waals surface area contributed by atoms with E-state index in [1.54, 1.807) is 0 Å². The van der Waals surface area contributed by atoms with Gasteiger partial charge >= 0.3 is 0 Å². The molecule has 1 aliphatic rings. The minimum absolute atomic E-state index is 0.0198. The highest BCUT2D eigenvalue weighted by molar-refractivity contribution is 9.10. The van der Waals surface area contributed by atoms with E-state index in [0.717, 1.165) is 30.2 Å². The lowest BCUT2D eigenvalue weighted by Gasteiger charge is -2.47. The summed E-state index contributed by atoms with van der Waals surface area (Å²) in [5, 5.41) is 3.41. The lowest BCUT2D eigenvalue weighted by molar-refractivity contribution is 0.0254. The van der Waals surface area contributed by atoms with Gasteiger partial charge in [-0.05, 0) is 75.0 Å². The quantitative estimate of drug-likeness (QED) is 0.609. The van der Waals surface area contributed by atoms with Crippen LogP contribution >= 0.6 is 15.9 Å². The van der Waals surface area contributed by atoms with Crippen molar-refractivity contribution < 1.29 is 9.22 Å². The Morgan fingerprint density at radius 1 is 1.20 bits per heavy atom. The van der Waals surface area contributed by atoms with Gasteiger partial charge in [0.25, 0.3) is 5.91 Å². The van der Waals surface area contributed by atoms with Gasteiger partial charge in [-0.15, -0.1) is 0 Å². The molecule has 140 valence electrons. The van der Waals surface area contributed by atoms with Crippen LogP contribution in [0.3, 0.4) is 0 Å². The van der Waals surface area contributed by atoms with E-state index in [2.05, 4.69) is 62.0 Å². The molecular formula is C20H32BrNO2Si. The molecule has 1 aromatic carbocycles. The van der Waals surface area contributed by atoms with Gasteiger partial charge in [0, 0.05) is 16.1 Å². The largest absolute Gasteiger partial charge is 0.412 e. The van der Waals surface area contributed by atoms with E-state index >= 15 is 0 Å². The molecule has 5 heteroatoms. The highest BCUT2D eigenvalue weighted by Gasteiger charge is 2.44. The predicted molar refractivity (Wildman–Crippen MR) is 111 cm³/mol. The molecule has 1 N–H and O–H groups in total. The zero-order valence-electron chi connectivity index (χ0n) is 16.4. The summed E-state index contributed by atoms with van der Waals surface area (Å²) in [4.78, 5) is 12.4. The number of hydrogen-bond donors (Lipinski definition) is 1. The van der Waals surface area contributed by atoms with Gasteiger partial charge in [0.05, 0.1) is 5.60 Å². The summed E-state index contributed by atoms with van der Waals surface area (Å²) in [7, 11) is -1.77. The first-order valence-corrected chi connectivity index (χ1v) is 12.9. The van der Waals surface area contributed by atoms with Crippen molar-refractivity contribution in [3.63, 3.8) is 0 Å². The summed E-state index contributed by atoms with van der Waals surface area (Å²) in [6, 6.07) is 7.76. The Kier molecular flexibility index (Phi) is 6.22. The SMILES string of the molecule is CC(C)(C)[Si](C)(C)O[C@]1(C)CC[C@@H](NC(=O)c2ccc(Br)cc2)CC1. The second kappa shape index (κ2) is 7.53. The van der Waals surface area contributed by atoms with E-state index in [-0.39, 0.29) is 22.6 Å². The summed E-state index contributed by atoms with van der Waals surface area (Å²) >= 11 is 3.40. The number of carbonyl (C=O) groups excluding carboxylic acids is 1. The zero-order chi connectivity index (χ0) is 18.9. The van der Waals surface area contributed by atoms with Crippen LogP contribution < -0.4 is 5.32 Å². The highest BCUT2D eigenvalue weighted by atomic mass is 79.9. The number of benzene rings is 1. The Balaban J connectivity index is 1.90. The molecule has 0 bridgehead atoms. The molecule has 1 amide bonds. The fraction of sp³-hybridized carbons (Fsp3) is 0.650. The second-order valence-electron chi connectivity index (χ2n) is 9.07. The Morgan fingerprint density at radius 3 is 2.20 bits per heavy atom. The van der Waals surface area contributed by atoms with E-state index in [1.165, 1.54) is 0 Å². The molecule has 25 heavy (non-hydrogen) atoms. The van der Waals surface area contributed by atoms with Gasteiger partial charge in [-0.3, -0.25) is 4.79 Å². The van der Waals surface area contributed by atoms with E-state index in [4.69, 9.17) is 4.43 Å². The maximum Gasteiger partial charge on any atom is 0.251 e. The first-order valence-electron chi connectivity index (χ1n) is 9.19. The average molecular weight is 426 g/mol. The molecule has 2 rings (SSSR count). The molecule has 1 fully saturated rings. The molecule has 0 heterocycles. The molecule has 0 radical (unpaired) electrons. The molecule has 3 nitrogen and oxygen atoms in total. The number of nitrogens with one attached hydrogen (secondary N) is 1. The Morgan fingerprint density at radius 2 is 1.72 bits per heavy atom. The summed E-state index contributed by atoms with van der Waals surface area (Å²) in [6.07, 6.45) is 3.97. The Hall–Kier alpha value is -0.653. The minimum Gasteiger partial charge on any atom is -0.412 e. The van der Waals surface area contributed by atoms with Crippen molar-refractivity contribution in [2.45, 2.75) is 83.2 Å². The number of rotatable bonds is 4. The van der Waals surface area contributed by atoms with Gasteiger partial charge < -0.3 is 9.74 Å². The molecule has 0 unspecified atom stereocenters. The first-order chi connectivity index (χ1) is 11.4. The molecular weight excluding hydrogens is 394 g/mol. The van der Waals surface area contributed by atoms with E-state index < -0.39 is 8.32 Å². The van der Waals surface area contributed by atoms with Gasteiger partial charge in [0.1, 0.15) is 0 Å². The van der Waals surface area contributed by atoms with Crippen molar-refractivity contribution in [3.05, 3.63) is 34.3 Å². The number of halogens is 1. The predicted octanol–water partition coefficient (Wildman–Crippen LogP) is 5.90. The molecule has 0 spiro atoms. The van der Waals surface area contributed by atoms with Crippen LogP contribution in [-0.2, 0) is 4.43 Å². The van der Waals surface area contributed by atoms with Gasteiger partial charge in [0.15, 0.2) is 8.32 Å². The van der Waals surface area contributed by atoms with E-state index in [9.17, 15) is 4.79 Å². The fourth-order valence-corrected chi connectivity index (χ4v) is 5.12. The maximum atomic E-state index is 12.4. The van der Waals surface area contributed by atoms with Gasteiger partial charge in [0.2, 0.25) is 0 Å². The van der Waals surface area contributed by atoms with Crippen molar-refractivity contribution >= 4 is 30.2 Å². The van der Waals surface area contributed by atoms with Crippen LogP contribution in [0.5, 0.6) is 0 Å². The molecule has 1 saturated carbocycles. The molecule has 0 atom stereocenters. The van der Waals surface area contributed by atoms with Crippen LogP contribution in [0.25, 0.3) is 0 Å². The van der Waals surface area contributed by atoms with Crippen molar-refractivity contribution in [1.29, 1.82) is 0 Å². The fourth-order valence-electron chi connectivity index (χ4n) is 3.11. The topological polar surface area (TPSA) is 38.3 Å². The summed E-state index contributed by atoms with van der Waals surface area (Å²) in [6.45, 7) is 13.7. The molecule has 0 aromatic heterocycles. The van der Waals surface area contributed by atoms with Crippen LogP contribution in [0.2, 0.25) is 18.1 Å². The normalized spacial score (nSPS) is 24.8. The molecule has 0 saturated heterocycles. The third-order valence-electron chi connectivity index (χ3n) is 5.79. The average Bonchev–Trinajstić information content (AvgIpc) is 2.48. The Bertz CT molecular complexity index is 599. The van der Waals surface area contributed by atoms with Gasteiger partial charge in [-0.25, -0.2) is 0 Å². The third kappa shape index (κ3) is 5.41. The monoisotopic (exact) mass is 425 g/mol. The smallest absolute Gasteiger partial charge is 0.251 e. The van der Waals surface area contributed by atoms with Crippen LogP contribution in [0.1, 0.15) is 63.7 Å². The lowest BCUT2D eigenvalue weighted by Crippen LogP contribution is -2.51. The zero-order valence-corrected chi connectivity index (χ0v) is 19.0. The van der Waals surface area contributed by atoms with Crippen molar-refractivity contribution in [1.82, 2.24) is 5.32 Å². The summed E-state index contributed by atoms with van der Waals surface area (Å²) in [5.74, 6) is 0.0198. The number of carbonyl (C=O) groups is 1. The van der Waals surface area contributed by atoms with Crippen molar-refractivity contribution in [2.75, 3.05) is 0 Å². The maximum absolute atomic E-state index is 12.4. The minimum atomic E-state index is -1.77. The first kappa shape index (κ1) is 20.7. The van der Waals surface area contributed by atoms with Crippen LogP contribution in [-0.4, -0.2) is 25.9 Å². The molecule has 1 aliphatic carbocycles. The van der Waals surface area contributed by atoms with Gasteiger partial charge in [-0.1, -0.05) is 36.7 Å². The van der Waals surface area contributed by atoms with Crippen LogP contribution in [0.15, 0.2) is 28.7 Å². The number of amides is 1. The van der Waals surface area contributed by atoms with E-state index in [1.807, 2.05) is 24.3 Å². The Labute approximate surface area is 162 Å². The summed E-state index contributed by atoms with van der Waals surface area (Å²) < 4.78 is 7.69. The van der Waals surface area contributed by atoms with E-state index in [0.29, 0.717) is 5.56 Å². The lowest BCUT2D eigenvalue weighted by atomic mass is 9.83. The van der Waals surface area contributed by atoms with Crippen molar-refractivity contribution in [2.24, 2.45) is 0 Å². The van der Waals surface area contributed by atoms with Crippen molar-refractivity contribution in [3.8, 4) is 0 Å². The number of hydrogen-bond acceptors (Lipinski definition) is 2. The standard InChI is InChI=1S/C20H32BrNO2Si/c1-19(2,3)25(5,6)24-20(4)13-11-17(12-14-20)22-18(23)15-7-9-16(21)10-8-15/h7-10,17H,11-14H2,1-6H3,(H,22,23)/t17-,20-. The highest BCUT2D eigenvalue weighted by Crippen LogP contribution is 2.42. The third-order valence-corrected chi connectivity index (χ3v) is 10.9. The van der Waals surface area contributed by atoms with Crippen LogP contribution in [0, 0.1) is 0 Å². The molecule has 1 aromatic rings. The summed E-state index contributed by atoms with van der Waals surface area (Å²) in [5.41, 5.74) is 0.663. The molecule has 0 aliphatic heterocycles.